The maximum atomic E-state index is 13.8. The Morgan fingerprint density at radius 1 is 1.17 bits per heavy atom. The molecule has 196 valence electrons. The lowest BCUT2D eigenvalue weighted by molar-refractivity contribution is -0.144. The van der Waals surface area contributed by atoms with Gasteiger partial charge in [-0.2, -0.15) is 11.8 Å². The zero-order chi connectivity index (χ0) is 26.6. The van der Waals surface area contributed by atoms with Crippen LogP contribution >= 0.6 is 11.8 Å². The zero-order valence-electron chi connectivity index (χ0n) is 21.3. The van der Waals surface area contributed by atoms with Crippen molar-refractivity contribution in [1.82, 2.24) is 15.5 Å². The highest BCUT2D eigenvalue weighted by Gasteiger charge is 2.37. The largest absolute Gasteiger partial charge is 0.508 e. The lowest BCUT2D eigenvalue weighted by atomic mass is 10.0. The molecule has 2 unspecified atom stereocenters. The fourth-order valence-electron chi connectivity index (χ4n) is 3.25. The molecule has 0 aliphatic rings. The van der Waals surface area contributed by atoms with Gasteiger partial charge in [-0.05, 0) is 51.7 Å². The van der Waals surface area contributed by atoms with Crippen LogP contribution in [-0.2, 0) is 23.9 Å². The summed E-state index contributed by atoms with van der Waals surface area (Å²) in [5, 5.41) is 15.6. The van der Waals surface area contributed by atoms with Crippen molar-refractivity contribution in [2.45, 2.75) is 58.2 Å². The number of hydrogen-bond acceptors (Lipinski definition) is 8. The van der Waals surface area contributed by atoms with Crippen molar-refractivity contribution < 1.29 is 33.8 Å². The fourth-order valence-corrected chi connectivity index (χ4v) is 3.72. The van der Waals surface area contributed by atoms with E-state index in [1.807, 2.05) is 13.2 Å². The van der Waals surface area contributed by atoms with Crippen LogP contribution in [0.4, 0.5) is 4.79 Å². The van der Waals surface area contributed by atoms with E-state index in [4.69, 9.17) is 4.74 Å². The lowest BCUT2D eigenvalue weighted by Gasteiger charge is -2.34. The summed E-state index contributed by atoms with van der Waals surface area (Å²) in [6.45, 7) is 6.75. The normalized spacial score (nSPS) is 12.7. The first-order valence-corrected chi connectivity index (χ1v) is 12.8. The number of carbonyl (C=O) groups is 4. The Kier molecular flexibility index (Phi) is 12.4. The van der Waals surface area contributed by atoms with Gasteiger partial charge in [0.1, 0.15) is 30.0 Å². The van der Waals surface area contributed by atoms with Crippen LogP contribution in [0.2, 0.25) is 0 Å². The molecule has 11 heteroatoms. The van der Waals surface area contributed by atoms with Crippen LogP contribution in [0.1, 0.15) is 52.1 Å². The Labute approximate surface area is 211 Å². The third-order valence-corrected chi connectivity index (χ3v) is 5.42. The van der Waals surface area contributed by atoms with E-state index < -0.39 is 48.1 Å². The Balaban J connectivity index is 3.39. The first-order chi connectivity index (χ1) is 16.4. The summed E-state index contributed by atoms with van der Waals surface area (Å²) < 4.78 is 9.91. The number of benzene rings is 1. The van der Waals surface area contributed by atoms with E-state index >= 15 is 0 Å². The van der Waals surface area contributed by atoms with E-state index in [0.717, 1.165) is 0 Å². The molecule has 0 spiro atoms. The molecule has 0 fully saturated rings. The van der Waals surface area contributed by atoms with Crippen LogP contribution in [0.15, 0.2) is 24.3 Å². The molecular weight excluding hydrogens is 474 g/mol. The summed E-state index contributed by atoms with van der Waals surface area (Å²) in [7, 11) is 1.20. The predicted octanol–water partition coefficient (Wildman–Crippen LogP) is 2.61. The highest BCUT2D eigenvalue weighted by atomic mass is 32.2. The standard InChI is InChI=1S/C24H37N3O7S/c1-7-13-27(22(31)17(12-14-35-6)26-23(32)34-24(2,3)4)20(16-10-8-9-11-18(16)28)21(30)25-15-19(29)33-5/h8-11,17,20,28H,7,12-15H2,1-6H3,(H,25,30)(H,26,32). The number of phenols is 1. The number of carbonyl (C=O) groups excluding carboxylic acids is 4. The van der Waals surface area contributed by atoms with E-state index in [-0.39, 0.29) is 17.9 Å². The van der Waals surface area contributed by atoms with Gasteiger partial charge in [0.05, 0.1) is 7.11 Å². The molecule has 35 heavy (non-hydrogen) atoms. The van der Waals surface area contributed by atoms with Gasteiger partial charge in [-0.25, -0.2) is 4.79 Å². The topological polar surface area (TPSA) is 134 Å². The fraction of sp³-hybridized carbons (Fsp3) is 0.583. The van der Waals surface area contributed by atoms with Crippen molar-refractivity contribution in [2.75, 3.05) is 32.2 Å². The minimum absolute atomic E-state index is 0.162. The van der Waals surface area contributed by atoms with E-state index in [0.29, 0.717) is 18.6 Å². The number of para-hydroxylation sites is 1. The second kappa shape index (κ2) is 14.4. The van der Waals surface area contributed by atoms with Crippen LogP contribution in [0.5, 0.6) is 5.75 Å². The summed E-state index contributed by atoms with van der Waals surface area (Å²) in [6, 6.07) is 3.96. The predicted molar refractivity (Wildman–Crippen MR) is 134 cm³/mol. The van der Waals surface area contributed by atoms with Gasteiger partial charge in [0.15, 0.2) is 0 Å². The molecule has 0 radical (unpaired) electrons. The molecule has 0 aromatic heterocycles. The number of hydrogen-bond donors (Lipinski definition) is 3. The van der Waals surface area contributed by atoms with Crippen molar-refractivity contribution in [3.8, 4) is 5.75 Å². The minimum atomic E-state index is -1.24. The maximum absolute atomic E-state index is 13.8. The molecular formula is C24H37N3O7S. The molecule has 1 rings (SSSR count). The van der Waals surface area contributed by atoms with Crippen LogP contribution in [-0.4, -0.2) is 77.7 Å². The van der Waals surface area contributed by atoms with Crippen molar-refractivity contribution in [1.29, 1.82) is 0 Å². The van der Waals surface area contributed by atoms with E-state index in [1.54, 1.807) is 32.9 Å². The number of phenolic OH excluding ortho intramolecular Hbond substituents is 1. The number of nitrogens with one attached hydrogen (secondary N) is 2. The number of aromatic hydroxyl groups is 1. The van der Waals surface area contributed by atoms with Gasteiger partial charge >= 0.3 is 12.1 Å². The highest BCUT2D eigenvalue weighted by molar-refractivity contribution is 7.98. The Hall–Kier alpha value is -2.95. The number of thioether (sulfide) groups is 1. The lowest BCUT2D eigenvalue weighted by Crippen LogP contribution is -2.53. The molecule has 0 saturated carbocycles. The van der Waals surface area contributed by atoms with Crippen LogP contribution in [0, 0.1) is 0 Å². The number of esters is 1. The van der Waals surface area contributed by atoms with Crippen molar-refractivity contribution in [2.24, 2.45) is 0 Å². The third-order valence-electron chi connectivity index (χ3n) is 4.77. The molecule has 0 saturated heterocycles. The molecule has 1 aromatic rings. The van der Waals surface area contributed by atoms with Gasteiger partial charge in [-0.1, -0.05) is 25.1 Å². The van der Waals surface area contributed by atoms with Gasteiger partial charge in [0.25, 0.3) is 0 Å². The molecule has 3 amide bonds. The van der Waals surface area contributed by atoms with Gasteiger partial charge in [0, 0.05) is 12.1 Å². The molecule has 0 heterocycles. The monoisotopic (exact) mass is 511 g/mol. The number of alkyl carbamates (subject to hydrolysis) is 1. The number of methoxy groups -OCH3 is 1. The van der Waals surface area contributed by atoms with Crippen LogP contribution in [0.25, 0.3) is 0 Å². The Morgan fingerprint density at radius 3 is 2.37 bits per heavy atom. The summed E-state index contributed by atoms with van der Waals surface area (Å²) in [5.74, 6) is -1.44. The minimum Gasteiger partial charge on any atom is -0.508 e. The molecule has 2 atom stereocenters. The maximum Gasteiger partial charge on any atom is 0.408 e. The summed E-state index contributed by atoms with van der Waals surface area (Å²) in [5.41, 5.74) is -0.565. The summed E-state index contributed by atoms with van der Waals surface area (Å²) in [6.07, 6.45) is 1.94. The van der Waals surface area contributed by atoms with E-state index in [1.165, 1.54) is 35.9 Å². The SMILES string of the molecule is CCCN(C(=O)C(CCSC)NC(=O)OC(C)(C)C)C(C(=O)NCC(=O)OC)c1ccccc1O. The summed E-state index contributed by atoms with van der Waals surface area (Å²) in [4.78, 5) is 52.4. The average molecular weight is 512 g/mol. The molecule has 3 N–H and O–H groups in total. The second-order valence-electron chi connectivity index (χ2n) is 8.77. The Morgan fingerprint density at radius 2 is 1.83 bits per heavy atom. The molecule has 10 nitrogen and oxygen atoms in total. The molecule has 1 aromatic carbocycles. The van der Waals surface area contributed by atoms with Crippen LogP contribution in [0.3, 0.4) is 0 Å². The number of nitrogens with zero attached hydrogens (tertiary/aromatic N) is 1. The van der Waals surface area contributed by atoms with E-state index in [2.05, 4.69) is 15.4 Å². The van der Waals surface area contributed by atoms with Crippen molar-refractivity contribution in [3.05, 3.63) is 29.8 Å². The Bertz CT molecular complexity index is 873. The number of amides is 3. The highest BCUT2D eigenvalue weighted by Crippen LogP contribution is 2.30. The first-order valence-electron chi connectivity index (χ1n) is 11.4. The van der Waals surface area contributed by atoms with Crippen molar-refractivity contribution >= 4 is 35.6 Å². The zero-order valence-corrected chi connectivity index (χ0v) is 22.1. The second-order valence-corrected chi connectivity index (χ2v) is 9.75. The van der Waals surface area contributed by atoms with E-state index in [9.17, 15) is 24.3 Å². The quantitative estimate of drug-likeness (QED) is 0.365. The average Bonchev–Trinajstić information content (AvgIpc) is 2.79. The van der Waals surface area contributed by atoms with Crippen LogP contribution < -0.4 is 10.6 Å². The summed E-state index contributed by atoms with van der Waals surface area (Å²) >= 11 is 1.51. The molecule has 0 bridgehead atoms. The smallest absolute Gasteiger partial charge is 0.408 e. The van der Waals surface area contributed by atoms with Gasteiger partial charge in [-0.3, -0.25) is 14.4 Å². The van der Waals surface area contributed by atoms with Gasteiger partial charge in [0.2, 0.25) is 11.8 Å². The first kappa shape index (κ1) is 30.1. The molecule has 0 aliphatic heterocycles. The van der Waals surface area contributed by atoms with Crippen molar-refractivity contribution in [3.63, 3.8) is 0 Å². The van der Waals surface area contributed by atoms with Gasteiger partial charge in [-0.15, -0.1) is 0 Å². The van der Waals surface area contributed by atoms with Gasteiger partial charge < -0.3 is 30.1 Å². The number of ether oxygens (including phenoxy) is 2. The number of rotatable bonds is 12. The third kappa shape index (κ3) is 10.1. The molecule has 0 aliphatic carbocycles.